The number of thioether (sulfide) groups is 1. The van der Waals surface area contributed by atoms with E-state index < -0.39 is 0 Å². The van der Waals surface area contributed by atoms with Crippen LogP contribution in [0.1, 0.15) is 55.3 Å². The number of hydrogen-bond acceptors (Lipinski definition) is 3. The van der Waals surface area contributed by atoms with Crippen LogP contribution in [0.15, 0.2) is 29.2 Å². The van der Waals surface area contributed by atoms with Gasteiger partial charge in [0, 0.05) is 29.3 Å². The number of rotatable bonds is 6. The molecule has 0 spiro atoms. The van der Waals surface area contributed by atoms with Crippen molar-refractivity contribution in [3.05, 3.63) is 29.8 Å². The zero-order chi connectivity index (χ0) is 15.1. The summed E-state index contributed by atoms with van der Waals surface area (Å²) in [6.45, 7) is 0. The zero-order valence-corrected chi connectivity index (χ0v) is 13.4. The fourth-order valence-electron chi connectivity index (χ4n) is 2.70. The van der Waals surface area contributed by atoms with Crippen LogP contribution < -0.4 is 5.32 Å². The number of benzene rings is 1. The van der Waals surface area contributed by atoms with Crippen molar-refractivity contribution in [2.75, 3.05) is 6.26 Å². The Hall–Kier alpha value is -1.29. The SMILES string of the molecule is CSc1ccc(C(=O)CCC(=O)NC2CCCCC2)cc1. The van der Waals surface area contributed by atoms with Gasteiger partial charge in [-0.3, -0.25) is 9.59 Å². The molecule has 1 aliphatic carbocycles. The molecule has 0 heterocycles. The lowest BCUT2D eigenvalue weighted by Gasteiger charge is -2.22. The molecule has 0 aromatic heterocycles. The molecule has 114 valence electrons. The third kappa shape index (κ3) is 5.20. The van der Waals surface area contributed by atoms with Gasteiger partial charge in [-0.05, 0) is 31.2 Å². The minimum Gasteiger partial charge on any atom is -0.353 e. The molecule has 4 heteroatoms. The van der Waals surface area contributed by atoms with Gasteiger partial charge in [0.15, 0.2) is 5.78 Å². The minimum atomic E-state index is 0.0102. The Kier molecular flexibility index (Phi) is 6.30. The van der Waals surface area contributed by atoms with E-state index in [2.05, 4.69) is 5.32 Å². The number of Topliss-reactive ketones (excluding diaryl/α,β-unsaturated/α-hetero) is 1. The summed E-state index contributed by atoms with van der Waals surface area (Å²) in [6.07, 6.45) is 8.42. The van der Waals surface area contributed by atoms with E-state index in [1.54, 1.807) is 11.8 Å². The smallest absolute Gasteiger partial charge is 0.220 e. The van der Waals surface area contributed by atoms with Crippen molar-refractivity contribution in [3.63, 3.8) is 0 Å². The summed E-state index contributed by atoms with van der Waals surface area (Å²) in [5, 5.41) is 3.05. The van der Waals surface area contributed by atoms with Gasteiger partial charge in [0.1, 0.15) is 0 Å². The summed E-state index contributed by atoms with van der Waals surface area (Å²) < 4.78 is 0. The van der Waals surface area contributed by atoms with E-state index in [0.29, 0.717) is 18.0 Å². The Morgan fingerprint density at radius 2 is 1.76 bits per heavy atom. The first-order valence-electron chi connectivity index (χ1n) is 7.65. The van der Waals surface area contributed by atoms with Crippen LogP contribution in [0.25, 0.3) is 0 Å². The van der Waals surface area contributed by atoms with Crippen molar-refractivity contribution < 1.29 is 9.59 Å². The molecule has 1 aliphatic rings. The lowest BCUT2D eigenvalue weighted by Crippen LogP contribution is -2.36. The number of hydrogen-bond donors (Lipinski definition) is 1. The fourth-order valence-corrected chi connectivity index (χ4v) is 3.10. The highest BCUT2D eigenvalue weighted by atomic mass is 32.2. The summed E-state index contributed by atoms with van der Waals surface area (Å²) in [5.41, 5.74) is 0.693. The molecule has 1 fully saturated rings. The van der Waals surface area contributed by atoms with Gasteiger partial charge in [0.2, 0.25) is 5.91 Å². The molecule has 0 radical (unpaired) electrons. The Bertz CT molecular complexity index is 478. The number of carbonyl (C=O) groups is 2. The average Bonchev–Trinajstić information content (AvgIpc) is 2.53. The van der Waals surface area contributed by atoms with E-state index in [4.69, 9.17) is 0 Å². The standard InChI is InChI=1S/C17H23NO2S/c1-21-15-9-7-13(8-10-15)16(19)11-12-17(20)18-14-5-3-2-4-6-14/h7-10,14H,2-6,11-12H2,1H3,(H,18,20). The molecule has 21 heavy (non-hydrogen) atoms. The van der Waals surface area contributed by atoms with E-state index in [0.717, 1.165) is 17.7 Å². The second-order valence-electron chi connectivity index (χ2n) is 5.55. The average molecular weight is 305 g/mol. The summed E-state index contributed by atoms with van der Waals surface area (Å²) in [7, 11) is 0. The molecule has 3 nitrogen and oxygen atoms in total. The van der Waals surface area contributed by atoms with Crippen LogP contribution in [-0.4, -0.2) is 24.0 Å². The number of ketones is 1. The van der Waals surface area contributed by atoms with Crippen molar-refractivity contribution in [2.24, 2.45) is 0 Å². The second-order valence-corrected chi connectivity index (χ2v) is 6.43. The molecular formula is C17H23NO2S. The van der Waals surface area contributed by atoms with Crippen LogP contribution in [0.3, 0.4) is 0 Å². The second kappa shape index (κ2) is 8.23. The van der Waals surface area contributed by atoms with Gasteiger partial charge < -0.3 is 5.32 Å². The number of amides is 1. The Labute approximate surface area is 130 Å². The lowest BCUT2D eigenvalue weighted by molar-refractivity contribution is -0.121. The highest BCUT2D eigenvalue weighted by molar-refractivity contribution is 7.98. The highest BCUT2D eigenvalue weighted by Crippen LogP contribution is 2.18. The molecule has 1 amide bonds. The van der Waals surface area contributed by atoms with Crippen LogP contribution in [0, 0.1) is 0 Å². The normalized spacial score (nSPS) is 15.7. The maximum atomic E-state index is 12.1. The molecule has 1 aromatic rings. The molecule has 0 aliphatic heterocycles. The quantitative estimate of drug-likeness (QED) is 0.642. The third-order valence-electron chi connectivity index (χ3n) is 3.96. The summed E-state index contributed by atoms with van der Waals surface area (Å²) in [4.78, 5) is 25.1. The number of nitrogens with one attached hydrogen (secondary N) is 1. The van der Waals surface area contributed by atoms with Crippen molar-refractivity contribution in [1.29, 1.82) is 0 Å². The monoisotopic (exact) mass is 305 g/mol. The zero-order valence-electron chi connectivity index (χ0n) is 12.6. The minimum absolute atomic E-state index is 0.0102. The third-order valence-corrected chi connectivity index (χ3v) is 4.70. The van der Waals surface area contributed by atoms with Crippen molar-refractivity contribution in [2.45, 2.75) is 55.9 Å². The maximum Gasteiger partial charge on any atom is 0.220 e. The lowest BCUT2D eigenvalue weighted by atomic mass is 9.95. The van der Waals surface area contributed by atoms with E-state index in [-0.39, 0.29) is 18.1 Å². The predicted octanol–water partition coefficient (Wildman–Crippen LogP) is 3.82. The molecular weight excluding hydrogens is 282 g/mol. The Morgan fingerprint density at radius 1 is 1.10 bits per heavy atom. The van der Waals surface area contributed by atoms with Crippen molar-refractivity contribution in [3.8, 4) is 0 Å². The van der Waals surface area contributed by atoms with Crippen molar-refractivity contribution >= 4 is 23.5 Å². The van der Waals surface area contributed by atoms with Crippen LogP contribution in [0.5, 0.6) is 0 Å². The topological polar surface area (TPSA) is 46.2 Å². The summed E-state index contributed by atoms with van der Waals surface area (Å²) in [6, 6.07) is 7.89. The molecule has 0 bridgehead atoms. The highest BCUT2D eigenvalue weighted by Gasteiger charge is 2.16. The van der Waals surface area contributed by atoms with E-state index in [1.165, 1.54) is 19.3 Å². The van der Waals surface area contributed by atoms with Gasteiger partial charge in [-0.15, -0.1) is 11.8 Å². The van der Waals surface area contributed by atoms with Crippen LogP contribution in [0.2, 0.25) is 0 Å². The van der Waals surface area contributed by atoms with E-state index >= 15 is 0 Å². The van der Waals surface area contributed by atoms with Gasteiger partial charge in [0.25, 0.3) is 0 Å². The Balaban J connectivity index is 1.75. The van der Waals surface area contributed by atoms with Crippen LogP contribution >= 0.6 is 11.8 Å². The van der Waals surface area contributed by atoms with Crippen LogP contribution in [0.4, 0.5) is 0 Å². The molecule has 1 aromatic carbocycles. The summed E-state index contributed by atoms with van der Waals surface area (Å²) >= 11 is 1.65. The van der Waals surface area contributed by atoms with Gasteiger partial charge in [-0.25, -0.2) is 0 Å². The molecule has 2 rings (SSSR count). The molecule has 0 unspecified atom stereocenters. The van der Waals surface area contributed by atoms with Crippen molar-refractivity contribution in [1.82, 2.24) is 5.32 Å². The van der Waals surface area contributed by atoms with Gasteiger partial charge in [-0.2, -0.15) is 0 Å². The first-order chi connectivity index (χ1) is 10.2. The van der Waals surface area contributed by atoms with Gasteiger partial charge in [-0.1, -0.05) is 31.4 Å². The van der Waals surface area contributed by atoms with Crippen LogP contribution in [-0.2, 0) is 4.79 Å². The molecule has 1 saturated carbocycles. The maximum absolute atomic E-state index is 12.1. The van der Waals surface area contributed by atoms with Gasteiger partial charge >= 0.3 is 0 Å². The van der Waals surface area contributed by atoms with Gasteiger partial charge in [0.05, 0.1) is 0 Å². The number of carbonyl (C=O) groups excluding carboxylic acids is 2. The first-order valence-corrected chi connectivity index (χ1v) is 8.88. The molecule has 1 N–H and O–H groups in total. The molecule has 0 atom stereocenters. The first kappa shape index (κ1) is 16.1. The fraction of sp³-hybridized carbons (Fsp3) is 0.529. The van der Waals surface area contributed by atoms with E-state index in [1.807, 2.05) is 30.5 Å². The molecule has 0 saturated heterocycles. The Morgan fingerprint density at radius 3 is 2.38 bits per heavy atom. The largest absolute Gasteiger partial charge is 0.353 e. The van der Waals surface area contributed by atoms with E-state index in [9.17, 15) is 9.59 Å². The predicted molar refractivity (Wildman–Crippen MR) is 86.8 cm³/mol. The summed E-state index contributed by atoms with van der Waals surface area (Å²) in [5.74, 6) is 0.0532.